The van der Waals surface area contributed by atoms with Crippen LogP contribution in [0.1, 0.15) is 24.9 Å². The van der Waals surface area contributed by atoms with Gasteiger partial charge in [0.15, 0.2) is 5.12 Å². The number of carbonyl (C=O) groups excluding carboxylic acids is 2. The van der Waals surface area contributed by atoms with Crippen LogP contribution in [0.2, 0.25) is 0 Å². The molecule has 1 aliphatic rings. The van der Waals surface area contributed by atoms with E-state index in [9.17, 15) is 9.59 Å². The third-order valence-electron chi connectivity index (χ3n) is 3.49. The lowest BCUT2D eigenvalue weighted by atomic mass is 10.4. The number of hydrogen-bond acceptors (Lipinski definition) is 5. The number of thioether (sulfide) groups is 1. The molecule has 0 spiro atoms. The van der Waals surface area contributed by atoms with E-state index in [2.05, 4.69) is 5.10 Å². The van der Waals surface area contributed by atoms with Crippen molar-refractivity contribution in [3.05, 3.63) is 35.9 Å². The van der Waals surface area contributed by atoms with E-state index in [-0.39, 0.29) is 16.3 Å². The van der Waals surface area contributed by atoms with Crippen LogP contribution in [0.4, 0.5) is 5.82 Å². The summed E-state index contributed by atoms with van der Waals surface area (Å²) in [4.78, 5) is 25.1. The number of hydrogen-bond donors (Lipinski definition) is 0. The van der Waals surface area contributed by atoms with Crippen molar-refractivity contribution in [1.82, 2.24) is 9.78 Å². The first-order valence-corrected chi connectivity index (χ1v) is 7.95. The van der Waals surface area contributed by atoms with E-state index in [0.717, 1.165) is 17.3 Å². The van der Waals surface area contributed by atoms with Crippen molar-refractivity contribution in [3.63, 3.8) is 0 Å². The highest BCUT2D eigenvalue weighted by atomic mass is 32.2. The molecule has 1 fully saturated rings. The molecule has 6 nitrogen and oxygen atoms in total. The quantitative estimate of drug-likeness (QED) is 0.864. The fourth-order valence-electron chi connectivity index (χ4n) is 2.60. The van der Waals surface area contributed by atoms with Crippen molar-refractivity contribution in [1.29, 1.82) is 0 Å². The van der Waals surface area contributed by atoms with Gasteiger partial charge in [0.05, 0.1) is 6.20 Å². The molecule has 0 aromatic carbocycles. The first-order valence-electron chi connectivity index (χ1n) is 7.07. The van der Waals surface area contributed by atoms with E-state index < -0.39 is 0 Å². The summed E-state index contributed by atoms with van der Waals surface area (Å²) in [6.07, 6.45) is 2.05. The van der Waals surface area contributed by atoms with E-state index in [0.29, 0.717) is 19.5 Å². The number of nitrogens with zero attached hydrogens (tertiary/aromatic N) is 3. The van der Waals surface area contributed by atoms with Gasteiger partial charge in [0.25, 0.3) is 0 Å². The van der Waals surface area contributed by atoms with E-state index >= 15 is 0 Å². The molecule has 0 bridgehead atoms. The van der Waals surface area contributed by atoms with E-state index in [4.69, 9.17) is 4.42 Å². The number of amides is 1. The smallest absolute Gasteiger partial charge is 0.229 e. The normalized spacial score (nSPS) is 18.2. The zero-order chi connectivity index (χ0) is 15.7. The second-order valence-electron chi connectivity index (χ2n) is 5.30. The van der Waals surface area contributed by atoms with Crippen molar-refractivity contribution in [2.24, 2.45) is 0 Å². The lowest BCUT2D eigenvalue weighted by Crippen LogP contribution is -2.27. The Labute approximate surface area is 132 Å². The third-order valence-corrected chi connectivity index (χ3v) is 4.48. The number of aryl methyl sites for hydroxylation is 1. The molecule has 1 saturated heterocycles. The Morgan fingerprint density at radius 1 is 1.45 bits per heavy atom. The van der Waals surface area contributed by atoms with Gasteiger partial charge in [-0.05, 0) is 19.1 Å². The van der Waals surface area contributed by atoms with Gasteiger partial charge in [-0.1, -0.05) is 11.8 Å². The van der Waals surface area contributed by atoms with Crippen LogP contribution in [0.5, 0.6) is 0 Å². The molecular formula is C15H17N3O3S. The molecule has 1 unspecified atom stereocenters. The SMILES string of the molecule is CC(=O)SC1CC(=O)N(c2ccnn2Cc2ccc(C)o2)C1. The molecule has 0 saturated carbocycles. The standard InChI is InChI=1S/C15H17N3O3S/c1-10-3-4-12(21-10)8-18-14(5-6-16-18)17-9-13(7-15(17)20)22-11(2)19/h3-6,13H,7-9H2,1-2H3. The summed E-state index contributed by atoms with van der Waals surface area (Å²) in [6.45, 7) is 4.43. The number of furan rings is 1. The minimum atomic E-state index is 0.0132. The summed E-state index contributed by atoms with van der Waals surface area (Å²) in [5.74, 6) is 2.41. The molecule has 0 radical (unpaired) electrons. The minimum absolute atomic E-state index is 0.0132. The van der Waals surface area contributed by atoms with Crippen LogP contribution in [0.25, 0.3) is 0 Å². The van der Waals surface area contributed by atoms with Crippen molar-refractivity contribution in [2.75, 3.05) is 11.4 Å². The van der Waals surface area contributed by atoms with Crippen molar-refractivity contribution in [3.8, 4) is 0 Å². The highest BCUT2D eigenvalue weighted by Crippen LogP contribution is 2.28. The molecule has 1 aliphatic heterocycles. The Hall–Kier alpha value is -2.02. The van der Waals surface area contributed by atoms with Gasteiger partial charge in [0.1, 0.15) is 23.9 Å². The van der Waals surface area contributed by atoms with Gasteiger partial charge in [0, 0.05) is 31.2 Å². The Morgan fingerprint density at radius 3 is 2.95 bits per heavy atom. The maximum absolute atomic E-state index is 12.2. The molecule has 0 aliphatic carbocycles. The summed E-state index contributed by atoms with van der Waals surface area (Å²) in [5, 5.41) is 4.33. The Kier molecular flexibility index (Phi) is 4.06. The minimum Gasteiger partial charge on any atom is -0.464 e. The van der Waals surface area contributed by atoms with Crippen molar-refractivity contribution >= 4 is 28.6 Å². The summed E-state index contributed by atoms with van der Waals surface area (Å²) < 4.78 is 7.31. The van der Waals surface area contributed by atoms with Crippen LogP contribution in [0.3, 0.4) is 0 Å². The maximum Gasteiger partial charge on any atom is 0.229 e. The molecule has 3 rings (SSSR count). The van der Waals surface area contributed by atoms with E-state index in [1.165, 1.54) is 18.7 Å². The zero-order valence-corrected chi connectivity index (χ0v) is 13.3. The van der Waals surface area contributed by atoms with Gasteiger partial charge in [-0.15, -0.1) is 0 Å². The first-order chi connectivity index (χ1) is 10.5. The molecule has 7 heteroatoms. The molecule has 2 aromatic heterocycles. The van der Waals surface area contributed by atoms with Crippen LogP contribution < -0.4 is 4.90 Å². The lowest BCUT2D eigenvalue weighted by Gasteiger charge is -2.17. The third kappa shape index (κ3) is 3.09. The molecule has 3 heterocycles. The van der Waals surface area contributed by atoms with Gasteiger partial charge in [-0.3, -0.25) is 14.5 Å². The van der Waals surface area contributed by atoms with Crippen LogP contribution >= 0.6 is 11.8 Å². The van der Waals surface area contributed by atoms with Crippen LogP contribution in [0.15, 0.2) is 28.8 Å². The average molecular weight is 319 g/mol. The fourth-order valence-corrected chi connectivity index (χ4v) is 3.52. The molecule has 22 heavy (non-hydrogen) atoms. The van der Waals surface area contributed by atoms with Gasteiger partial charge >= 0.3 is 0 Å². The average Bonchev–Trinajstić information content (AvgIpc) is 3.11. The van der Waals surface area contributed by atoms with Crippen molar-refractivity contribution < 1.29 is 14.0 Å². The molecule has 2 aromatic rings. The summed E-state index contributed by atoms with van der Waals surface area (Å²) in [5.41, 5.74) is 0. The predicted molar refractivity (Wildman–Crippen MR) is 83.8 cm³/mol. The second-order valence-corrected chi connectivity index (χ2v) is 6.78. The number of carbonyl (C=O) groups is 2. The number of aromatic nitrogens is 2. The Morgan fingerprint density at radius 2 is 2.27 bits per heavy atom. The van der Waals surface area contributed by atoms with Gasteiger partial charge in [0.2, 0.25) is 5.91 Å². The van der Waals surface area contributed by atoms with Crippen LogP contribution in [0, 0.1) is 6.92 Å². The molecule has 1 amide bonds. The number of anilines is 1. The maximum atomic E-state index is 12.2. The highest BCUT2D eigenvalue weighted by Gasteiger charge is 2.33. The van der Waals surface area contributed by atoms with Crippen LogP contribution in [-0.2, 0) is 16.1 Å². The summed E-state index contributed by atoms with van der Waals surface area (Å²) in [7, 11) is 0. The molecular weight excluding hydrogens is 302 g/mol. The largest absolute Gasteiger partial charge is 0.464 e. The van der Waals surface area contributed by atoms with E-state index in [1.807, 2.05) is 25.1 Å². The van der Waals surface area contributed by atoms with E-state index in [1.54, 1.807) is 15.8 Å². The molecule has 1 atom stereocenters. The lowest BCUT2D eigenvalue weighted by molar-refractivity contribution is -0.117. The predicted octanol–water partition coefficient (Wildman–Crippen LogP) is 2.22. The Balaban J connectivity index is 1.77. The summed E-state index contributed by atoms with van der Waals surface area (Å²) >= 11 is 1.23. The molecule has 116 valence electrons. The summed E-state index contributed by atoms with van der Waals surface area (Å²) in [6, 6.07) is 5.62. The molecule has 0 N–H and O–H groups in total. The van der Waals surface area contributed by atoms with Crippen molar-refractivity contribution in [2.45, 2.75) is 32.1 Å². The van der Waals surface area contributed by atoms with Gasteiger partial charge < -0.3 is 4.42 Å². The van der Waals surface area contributed by atoms with Gasteiger partial charge in [-0.2, -0.15) is 5.10 Å². The zero-order valence-electron chi connectivity index (χ0n) is 12.5. The Bertz CT molecular complexity index is 706. The van der Waals surface area contributed by atoms with Gasteiger partial charge in [-0.25, -0.2) is 4.68 Å². The number of rotatable bonds is 4. The topological polar surface area (TPSA) is 68.3 Å². The van der Waals surface area contributed by atoms with Crippen LogP contribution in [-0.4, -0.2) is 32.6 Å². The fraction of sp³-hybridized carbons (Fsp3) is 0.400. The second kappa shape index (κ2) is 6.00. The highest BCUT2D eigenvalue weighted by molar-refractivity contribution is 8.14. The first kappa shape index (κ1) is 14.9. The monoisotopic (exact) mass is 319 g/mol.